The van der Waals surface area contributed by atoms with Crippen LogP contribution in [-0.2, 0) is 0 Å². The highest BCUT2D eigenvalue weighted by molar-refractivity contribution is 7.09. The number of hydrogen-bond donors (Lipinski definition) is 2. The van der Waals surface area contributed by atoms with Crippen molar-refractivity contribution < 1.29 is 9.72 Å². The summed E-state index contributed by atoms with van der Waals surface area (Å²) in [5.41, 5.74) is 0.489. The van der Waals surface area contributed by atoms with Crippen molar-refractivity contribution in [2.75, 3.05) is 17.2 Å². The van der Waals surface area contributed by atoms with Crippen LogP contribution >= 0.6 is 11.5 Å². The Morgan fingerprint density at radius 2 is 2.30 bits per heavy atom. The Bertz CT molecular complexity index is 630. The molecular weight excluding hydrogens is 284 g/mol. The second kappa shape index (κ2) is 6.02. The van der Waals surface area contributed by atoms with E-state index in [0.29, 0.717) is 12.2 Å². The molecule has 1 aromatic carbocycles. The van der Waals surface area contributed by atoms with Crippen molar-refractivity contribution in [1.29, 1.82) is 0 Å². The molecule has 0 bridgehead atoms. The van der Waals surface area contributed by atoms with Gasteiger partial charge in [-0.25, -0.2) is 0 Å². The Labute approximate surface area is 117 Å². The fraction of sp³-hybridized carbons (Fsp3) is 0.200. The molecule has 0 saturated heterocycles. The Balaban J connectivity index is 2.26. The maximum atomic E-state index is 12.0. The summed E-state index contributed by atoms with van der Waals surface area (Å²) in [4.78, 5) is 22.3. The van der Waals surface area contributed by atoms with E-state index >= 15 is 0 Å². The first-order valence-corrected chi connectivity index (χ1v) is 6.38. The molecule has 104 valence electrons. The minimum absolute atomic E-state index is 0.0824. The van der Waals surface area contributed by atoms with Gasteiger partial charge in [0.1, 0.15) is 5.69 Å². The predicted octanol–water partition coefficient (Wildman–Crippen LogP) is 1.53. The summed E-state index contributed by atoms with van der Waals surface area (Å²) >= 11 is 0.940. The Morgan fingerprint density at radius 3 is 2.90 bits per heavy atom. The van der Waals surface area contributed by atoms with Crippen molar-refractivity contribution in [1.82, 2.24) is 14.8 Å². The van der Waals surface area contributed by atoms with Gasteiger partial charge in [0.05, 0.1) is 4.92 Å². The minimum Gasteiger partial charge on any atom is -0.380 e. The number of anilines is 2. The minimum atomic E-state index is -0.506. The molecule has 0 aliphatic heterocycles. The van der Waals surface area contributed by atoms with Crippen LogP contribution in [0.1, 0.15) is 17.3 Å². The molecule has 0 saturated carbocycles. The van der Waals surface area contributed by atoms with Crippen molar-refractivity contribution in [2.45, 2.75) is 6.92 Å². The van der Waals surface area contributed by atoms with E-state index in [2.05, 4.69) is 25.4 Å². The van der Waals surface area contributed by atoms with Gasteiger partial charge in [0.15, 0.2) is 0 Å². The Hall–Kier alpha value is -2.62. The molecule has 0 aliphatic rings. The van der Waals surface area contributed by atoms with Gasteiger partial charge in [-0.15, -0.1) is 0 Å². The molecule has 1 amide bonds. The van der Waals surface area contributed by atoms with Crippen LogP contribution in [0.25, 0.3) is 0 Å². The lowest BCUT2D eigenvalue weighted by molar-refractivity contribution is -0.384. The molecule has 0 unspecified atom stereocenters. The van der Waals surface area contributed by atoms with Crippen molar-refractivity contribution in [3.05, 3.63) is 33.9 Å². The molecule has 1 heterocycles. The summed E-state index contributed by atoms with van der Waals surface area (Å²) in [5, 5.41) is 23.4. The topological polar surface area (TPSA) is 123 Å². The summed E-state index contributed by atoms with van der Waals surface area (Å²) in [7, 11) is 0. The number of amides is 1. The van der Waals surface area contributed by atoms with Gasteiger partial charge in [0.25, 0.3) is 11.6 Å². The van der Waals surface area contributed by atoms with Crippen LogP contribution in [-0.4, -0.2) is 32.2 Å². The zero-order valence-electron chi connectivity index (χ0n) is 10.4. The van der Waals surface area contributed by atoms with Gasteiger partial charge in [-0.2, -0.15) is 0 Å². The molecule has 2 N–H and O–H groups in total. The highest BCUT2D eigenvalue weighted by Gasteiger charge is 2.17. The average Bonchev–Trinajstić information content (AvgIpc) is 2.91. The standard InChI is InChI=1S/C10H10N6O3S/c1-2-11-7-5-6(3-4-8(7)16(18)19)9(17)12-10-13-14-15-20-10/h3-5,11H,2H2,1H3,(H,12,13,15,17). The lowest BCUT2D eigenvalue weighted by Gasteiger charge is -2.07. The van der Waals surface area contributed by atoms with E-state index in [9.17, 15) is 14.9 Å². The second-order valence-electron chi connectivity index (χ2n) is 3.64. The molecular formula is C10H10N6O3S. The van der Waals surface area contributed by atoms with E-state index in [1.54, 1.807) is 0 Å². The second-order valence-corrected chi connectivity index (χ2v) is 4.37. The smallest absolute Gasteiger partial charge is 0.292 e. The van der Waals surface area contributed by atoms with Crippen LogP contribution in [0.5, 0.6) is 0 Å². The maximum Gasteiger partial charge on any atom is 0.292 e. The molecule has 0 radical (unpaired) electrons. The molecule has 2 rings (SSSR count). The monoisotopic (exact) mass is 294 g/mol. The zero-order valence-corrected chi connectivity index (χ0v) is 11.2. The summed E-state index contributed by atoms with van der Waals surface area (Å²) in [6.07, 6.45) is 0. The number of nitrogens with one attached hydrogen (secondary N) is 2. The van der Waals surface area contributed by atoms with Crippen LogP contribution < -0.4 is 10.6 Å². The van der Waals surface area contributed by atoms with E-state index in [0.717, 1.165) is 11.5 Å². The van der Waals surface area contributed by atoms with E-state index in [1.807, 2.05) is 6.92 Å². The first-order valence-electron chi connectivity index (χ1n) is 5.60. The number of aromatic nitrogens is 3. The van der Waals surface area contributed by atoms with Crippen LogP contribution in [0.3, 0.4) is 0 Å². The molecule has 0 atom stereocenters. The molecule has 2 aromatic rings. The number of nitro benzene ring substituents is 1. The third kappa shape index (κ3) is 3.03. The van der Waals surface area contributed by atoms with Crippen LogP contribution in [0.4, 0.5) is 16.5 Å². The molecule has 1 aromatic heterocycles. The third-order valence-electron chi connectivity index (χ3n) is 2.34. The van der Waals surface area contributed by atoms with Gasteiger partial charge in [-0.3, -0.25) is 20.2 Å². The number of rotatable bonds is 5. The molecule has 0 spiro atoms. The fourth-order valence-electron chi connectivity index (χ4n) is 1.52. The first-order chi connectivity index (χ1) is 9.61. The SMILES string of the molecule is CCNc1cc(C(=O)Nc2nnns2)ccc1[N+](=O)[O-]. The largest absolute Gasteiger partial charge is 0.380 e. The number of hydrogen-bond acceptors (Lipinski definition) is 8. The summed E-state index contributed by atoms with van der Waals surface area (Å²) < 4.78 is 3.52. The summed E-state index contributed by atoms with van der Waals surface area (Å²) in [5.74, 6) is -0.433. The number of nitro groups is 1. The fourth-order valence-corrected chi connectivity index (χ4v) is 1.88. The Kier molecular flexibility index (Phi) is 4.15. The van der Waals surface area contributed by atoms with Gasteiger partial charge in [-0.05, 0) is 24.3 Å². The first kappa shape index (κ1) is 13.8. The highest BCUT2D eigenvalue weighted by Crippen LogP contribution is 2.25. The number of nitrogens with zero attached hydrogens (tertiary/aromatic N) is 4. The average molecular weight is 294 g/mol. The lowest BCUT2D eigenvalue weighted by Crippen LogP contribution is -2.12. The van der Waals surface area contributed by atoms with Crippen LogP contribution in [0.2, 0.25) is 0 Å². The van der Waals surface area contributed by atoms with Gasteiger partial charge in [0, 0.05) is 29.7 Å². The molecule has 20 heavy (non-hydrogen) atoms. The van der Waals surface area contributed by atoms with Crippen molar-refractivity contribution in [3.63, 3.8) is 0 Å². The lowest BCUT2D eigenvalue weighted by atomic mass is 10.1. The van der Waals surface area contributed by atoms with Gasteiger partial charge in [-0.1, -0.05) is 9.59 Å². The molecule has 0 aliphatic carbocycles. The molecule has 0 fully saturated rings. The summed E-state index contributed by atoms with van der Waals surface area (Å²) in [6.45, 7) is 2.32. The number of carbonyl (C=O) groups excluding carboxylic acids is 1. The van der Waals surface area contributed by atoms with Gasteiger partial charge >= 0.3 is 0 Å². The third-order valence-corrected chi connectivity index (χ3v) is 2.85. The quantitative estimate of drug-likeness (QED) is 0.633. The van der Waals surface area contributed by atoms with Crippen molar-refractivity contribution >= 4 is 33.9 Å². The predicted molar refractivity (Wildman–Crippen MR) is 72.9 cm³/mol. The van der Waals surface area contributed by atoms with Gasteiger partial charge < -0.3 is 5.32 Å². The normalized spacial score (nSPS) is 10.1. The van der Waals surface area contributed by atoms with E-state index in [1.165, 1.54) is 18.2 Å². The zero-order chi connectivity index (χ0) is 14.5. The van der Waals surface area contributed by atoms with Crippen molar-refractivity contribution in [3.8, 4) is 0 Å². The van der Waals surface area contributed by atoms with Crippen molar-refractivity contribution in [2.24, 2.45) is 0 Å². The van der Waals surface area contributed by atoms with Crippen LogP contribution in [0.15, 0.2) is 18.2 Å². The molecule has 10 heteroatoms. The highest BCUT2D eigenvalue weighted by atomic mass is 32.1. The molecule has 9 nitrogen and oxygen atoms in total. The number of carbonyl (C=O) groups is 1. The number of benzene rings is 1. The maximum absolute atomic E-state index is 12.0. The Morgan fingerprint density at radius 1 is 1.50 bits per heavy atom. The summed E-state index contributed by atoms with van der Waals surface area (Å²) in [6, 6.07) is 4.08. The van der Waals surface area contributed by atoms with E-state index in [4.69, 9.17) is 0 Å². The van der Waals surface area contributed by atoms with Gasteiger partial charge in [0.2, 0.25) is 5.13 Å². The van der Waals surface area contributed by atoms with E-state index in [-0.39, 0.29) is 16.4 Å². The van der Waals surface area contributed by atoms with E-state index < -0.39 is 10.8 Å². The van der Waals surface area contributed by atoms with Crippen LogP contribution in [0, 0.1) is 10.1 Å².